The van der Waals surface area contributed by atoms with Gasteiger partial charge in [0.1, 0.15) is 5.82 Å². The van der Waals surface area contributed by atoms with Crippen molar-refractivity contribution < 1.29 is 25.8 Å². The van der Waals surface area contributed by atoms with Crippen LogP contribution in [0.5, 0.6) is 11.5 Å². The third kappa shape index (κ3) is 5.41. The fourth-order valence-electron chi connectivity index (χ4n) is 6.90. The van der Waals surface area contributed by atoms with Crippen molar-refractivity contribution in [2.24, 2.45) is 0 Å². The van der Waals surface area contributed by atoms with Gasteiger partial charge >= 0.3 is 21.1 Å². The van der Waals surface area contributed by atoms with Gasteiger partial charge in [-0.25, -0.2) is 4.98 Å². The summed E-state index contributed by atoms with van der Waals surface area (Å²) in [5.74, 6) is 1.98. The maximum absolute atomic E-state index is 6.42. The first-order chi connectivity index (χ1) is 24.1. The third-order valence-corrected chi connectivity index (χ3v) is 9.44. The number of fused-ring (bicyclic) bond motifs is 4. The quantitative estimate of drug-likeness (QED) is 0.150. The van der Waals surface area contributed by atoms with Gasteiger partial charge in [0.05, 0.1) is 5.52 Å². The van der Waals surface area contributed by atoms with E-state index in [0.717, 1.165) is 49.8 Å². The predicted octanol–water partition coefficient (Wildman–Crippen LogP) is 10.3. The molecule has 9 aromatic rings. The Kier molecular flexibility index (Phi) is 8.14. The molecule has 0 saturated heterocycles. The van der Waals surface area contributed by atoms with Crippen molar-refractivity contribution in [2.75, 3.05) is 0 Å². The SMILES string of the molecule is CC(c1ccccc1)(c1ccccc1)c1ccnc(-n2c3[c-]c(Oc4[c-]c(-n5cc6ccccc6n5)ccc4)ccc3c3ccccc32)c1.[Pt+2]. The molecule has 9 rings (SSSR count). The van der Waals surface area contributed by atoms with Crippen molar-refractivity contribution in [1.82, 2.24) is 19.3 Å². The predicted molar refractivity (Wildman–Crippen MR) is 196 cm³/mol. The van der Waals surface area contributed by atoms with Gasteiger partial charge in [-0.3, -0.25) is 4.68 Å². The number of ether oxygens (including phenoxy) is 1. The Morgan fingerprint density at radius 3 is 2.10 bits per heavy atom. The molecule has 50 heavy (non-hydrogen) atoms. The Bertz CT molecular complexity index is 2540. The summed E-state index contributed by atoms with van der Waals surface area (Å²) >= 11 is 0. The molecular weight excluding hydrogens is 796 g/mol. The molecule has 0 radical (unpaired) electrons. The summed E-state index contributed by atoms with van der Waals surface area (Å²) in [7, 11) is 0. The number of aromatic nitrogens is 4. The van der Waals surface area contributed by atoms with Gasteiger partial charge in [-0.05, 0) is 59.0 Å². The van der Waals surface area contributed by atoms with Crippen LogP contribution in [0.25, 0.3) is 44.2 Å². The second kappa shape index (κ2) is 12.9. The summed E-state index contributed by atoms with van der Waals surface area (Å²) in [6.45, 7) is 2.29. The van der Waals surface area contributed by atoms with Crippen molar-refractivity contribution in [2.45, 2.75) is 12.3 Å². The second-order valence-corrected chi connectivity index (χ2v) is 12.3. The van der Waals surface area contributed by atoms with Gasteiger partial charge in [0.25, 0.3) is 0 Å². The first-order valence-electron chi connectivity index (χ1n) is 16.3. The van der Waals surface area contributed by atoms with Crippen LogP contribution < -0.4 is 4.74 Å². The number of benzene rings is 6. The van der Waals surface area contributed by atoms with E-state index in [9.17, 15) is 0 Å². The van der Waals surface area contributed by atoms with Crippen molar-refractivity contribution in [1.29, 1.82) is 0 Å². The number of para-hydroxylation sites is 1. The molecule has 3 aromatic heterocycles. The fraction of sp³-hybridized carbons (Fsp3) is 0.0455. The molecule has 0 aliphatic heterocycles. The number of hydrogen-bond acceptors (Lipinski definition) is 3. The molecule has 0 saturated carbocycles. The maximum Gasteiger partial charge on any atom is 2.00 e. The Balaban J connectivity index is 0.00000361. The summed E-state index contributed by atoms with van der Waals surface area (Å²) in [6.07, 6.45) is 3.91. The number of hydrogen-bond donors (Lipinski definition) is 0. The molecule has 5 nitrogen and oxygen atoms in total. The van der Waals surface area contributed by atoms with E-state index in [1.54, 1.807) is 0 Å². The monoisotopic (exact) mass is 825 g/mol. The molecule has 0 unspecified atom stereocenters. The molecule has 0 spiro atoms. The molecule has 0 atom stereocenters. The third-order valence-electron chi connectivity index (χ3n) is 9.44. The average Bonchev–Trinajstić information content (AvgIpc) is 3.75. The molecule has 6 heteroatoms. The van der Waals surface area contributed by atoms with Crippen molar-refractivity contribution >= 4 is 32.7 Å². The standard InChI is InChI=1S/C44H30N4O.Pt/c1-44(32-14-4-2-5-15-32,33-16-6-3-7-17-33)34-25-26-45-43(27-34)48-41-22-11-9-20-38(41)39-24-23-37(29-42(39)48)49-36-19-12-18-35(28-36)47-30-31-13-8-10-21-40(31)46-47;/h2-27,30H,1H3;/q-2;+2. The van der Waals surface area contributed by atoms with E-state index in [1.807, 2.05) is 59.5 Å². The minimum Gasteiger partial charge on any atom is -0.509 e. The Morgan fingerprint density at radius 1 is 0.620 bits per heavy atom. The van der Waals surface area contributed by atoms with Crippen LogP contribution in [0.15, 0.2) is 164 Å². The van der Waals surface area contributed by atoms with Crippen LogP contribution in [-0.2, 0) is 26.5 Å². The largest absolute Gasteiger partial charge is 2.00 e. The Morgan fingerprint density at radius 2 is 1.32 bits per heavy atom. The molecule has 0 N–H and O–H groups in total. The van der Waals surface area contributed by atoms with Crippen LogP contribution in [0.2, 0.25) is 0 Å². The van der Waals surface area contributed by atoms with E-state index in [-0.39, 0.29) is 21.1 Å². The zero-order chi connectivity index (χ0) is 32.8. The minimum atomic E-state index is -0.405. The first-order valence-corrected chi connectivity index (χ1v) is 16.3. The molecule has 6 aromatic carbocycles. The molecule has 3 heterocycles. The van der Waals surface area contributed by atoms with E-state index in [0.29, 0.717) is 11.5 Å². The normalized spacial score (nSPS) is 11.5. The Labute approximate surface area is 304 Å². The van der Waals surface area contributed by atoms with Crippen LogP contribution in [0, 0.1) is 12.1 Å². The van der Waals surface area contributed by atoms with Gasteiger partial charge in [0, 0.05) is 40.2 Å². The van der Waals surface area contributed by atoms with E-state index in [1.165, 1.54) is 11.1 Å². The van der Waals surface area contributed by atoms with Gasteiger partial charge in [-0.1, -0.05) is 103 Å². The van der Waals surface area contributed by atoms with Gasteiger partial charge < -0.3 is 9.30 Å². The van der Waals surface area contributed by atoms with Crippen LogP contribution in [0.4, 0.5) is 0 Å². The summed E-state index contributed by atoms with van der Waals surface area (Å²) in [5, 5.41) is 7.98. The number of pyridine rings is 1. The van der Waals surface area contributed by atoms with Crippen LogP contribution in [-0.4, -0.2) is 19.3 Å². The van der Waals surface area contributed by atoms with Gasteiger partial charge in [0.15, 0.2) is 0 Å². The van der Waals surface area contributed by atoms with E-state index < -0.39 is 5.41 Å². The van der Waals surface area contributed by atoms with Crippen LogP contribution >= 0.6 is 0 Å². The smallest absolute Gasteiger partial charge is 0.509 e. The van der Waals surface area contributed by atoms with E-state index in [2.05, 4.69) is 133 Å². The zero-order valence-electron chi connectivity index (χ0n) is 27.1. The molecule has 0 aliphatic rings. The molecule has 0 aliphatic carbocycles. The molecule has 0 amide bonds. The summed E-state index contributed by atoms with van der Waals surface area (Å²) in [6, 6.07) is 59.0. The summed E-state index contributed by atoms with van der Waals surface area (Å²) in [4.78, 5) is 4.95. The topological polar surface area (TPSA) is 44.9 Å². The van der Waals surface area contributed by atoms with E-state index >= 15 is 0 Å². The number of rotatable bonds is 7. The molecule has 242 valence electrons. The minimum absolute atomic E-state index is 0. The van der Waals surface area contributed by atoms with Crippen molar-refractivity contribution in [3.63, 3.8) is 0 Å². The van der Waals surface area contributed by atoms with Gasteiger partial charge in [-0.2, -0.15) is 17.2 Å². The molecular formula is C44H30N4OPt. The average molecular weight is 826 g/mol. The molecule has 0 fully saturated rings. The van der Waals surface area contributed by atoms with Crippen LogP contribution in [0.3, 0.4) is 0 Å². The maximum atomic E-state index is 6.42. The van der Waals surface area contributed by atoms with Crippen molar-refractivity contribution in [3.05, 3.63) is 193 Å². The summed E-state index contributed by atoms with van der Waals surface area (Å²) < 4.78 is 10.4. The summed E-state index contributed by atoms with van der Waals surface area (Å²) in [5.41, 5.74) is 6.83. The molecule has 0 bridgehead atoms. The van der Waals surface area contributed by atoms with Crippen molar-refractivity contribution in [3.8, 4) is 23.0 Å². The van der Waals surface area contributed by atoms with Gasteiger partial charge in [0.2, 0.25) is 0 Å². The zero-order valence-corrected chi connectivity index (χ0v) is 29.4. The fourth-order valence-corrected chi connectivity index (χ4v) is 6.90. The number of nitrogens with zero attached hydrogens (tertiary/aromatic N) is 4. The van der Waals surface area contributed by atoms with Crippen LogP contribution in [0.1, 0.15) is 23.6 Å². The Hall–Kier alpha value is -5.77. The van der Waals surface area contributed by atoms with E-state index in [4.69, 9.17) is 14.8 Å². The first kappa shape index (κ1) is 31.5. The van der Waals surface area contributed by atoms with Gasteiger partial charge in [-0.15, -0.1) is 35.7 Å². The second-order valence-electron chi connectivity index (χ2n) is 12.3.